The summed E-state index contributed by atoms with van der Waals surface area (Å²) in [6, 6.07) is 6.24. The van der Waals surface area contributed by atoms with Gasteiger partial charge in [0.25, 0.3) is 0 Å². The summed E-state index contributed by atoms with van der Waals surface area (Å²) in [6.45, 7) is 3.70. The molecule has 0 aromatic heterocycles. The summed E-state index contributed by atoms with van der Waals surface area (Å²) < 4.78 is 0. The number of hydrogen-bond donors (Lipinski definition) is 2. The lowest BCUT2D eigenvalue weighted by molar-refractivity contribution is 0.124. The molecule has 0 radical (unpaired) electrons. The molecule has 3 nitrogen and oxygen atoms in total. The van der Waals surface area contributed by atoms with Crippen molar-refractivity contribution in [2.24, 2.45) is 5.90 Å². The van der Waals surface area contributed by atoms with E-state index in [4.69, 9.17) is 5.90 Å². The molecule has 0 saturated carbocycles. The van der Waals surface area contributed by atoms with Gasteiger partial charge in [-0.15, -0.1) is 0 Å². The molecule has 70 valence electrons. The highest BCUT2D eigenvalue weighted by Crippen LogP contribution is 2.33. The molecule has 1 atom stereocenters. The number of anilines is 1. The molecule has 2 rings (SSSR count). The zero-order valence-electron chi connectivity index (χ0n) is 7.71. The zero-order valence-corrected chi connectivity index (χ0v) is 7.71. The summed E-state index contributed by atoms with van der Waals surface area (Å²) in [7, 11) is 0. The van der Waals surface area contributed by atoms with Gasteiger partial charge in [0.05, 0.1) is 6.61 Å². The van der Waals surface area contributed by atoms with Crippen molar-refractivity contribution in [3.05, 3.63) is 29.3 Å². The molecular formula is C10H14N2O. The SMILES string of the molecule is CC1CNc2c(CON)cccc21. The summed E-state index contributed by atoms with van der Waals surface area (Å²) in [5.74, 6) is 5.65. The Morgan fingerprint density at radius 1 is 1.62 bits per heavy atom. The molecule has 3 heteroatoms. The van der Waals surface area contributed by atoms with Crippen molar-refractivity contribution in [3.8, 4) is 0 Å². The minimum Gasteiger partial charge on any atom is -0.384 e. The average Bonchev–Trinajstić information content (AvgIpc) is 2.50. The molecular weight excluding hydrogens is 164 g/mol. The molecule has 1 aliphatic rings. The molecule has 1 heterocycles. The van der Waals surface area contributed by atoms with Gasteiger partial charge in [-0.1, -0.05) is 25.1 Å². The fraction of sp³-hybridized carbons (Fsp3) is 0.400. The molecule has 1 unspecified atom stereocenters. The van der Waals surface area contributed by atoms with Crippen molar-refractivity contribution >= 4 is 5.69 Å². The second kappa shape index (κ2) is 3.36. The first-order valence-corrected chi connectivity index (χ1v) is 4.50. The maximum absolute atomic E-state index is 5.06. The lowest BCUT2D eigenvalue weighted by Crippen LogP contribution is -2.02. The van der Waals surface area contributed by atoms with Crippen LogP contribution in [0.2, 0.25) is 0 Å². The minimum atomic E-state index is 0.475. The lowest BCUT2D eigenvalue weighted by Gasteiger charge is -2.07. The number of benzene rings is 1. The highest BCUT2D eigenvalue weighted by Gasteiger charge is 2.19. The molecule has 0 spiro atoms. The Hall–Kier alpha value is -1.06. The largest absolute Gasteiger partial charge is 0.384 e. The van der Waals surface area contributed by atoms with Crippen LogP contribution in [-0.2, 0) is 11.4 Å². The molecule has 1 aromatic rings. The van der Waals surface area contributed by atoms with Crippen molar-refractivity contribution in [3.63, 3.8) is 0 Å². The van der Waals surface area contributed by atoms with E-state index in [1.165, 1.54) is 11.3 Å². The van der Waals surface area contributed by atoms with Gasteiger partial charge < -0.3 is 5.32 Å². The first-order valence-electron chi connectivity index (χ1n) is 4.50. The van der Waals surface area contributed by atoms with Gasteiger partial charge >= 0.3 is 0 Å². The Balaban J connectivity index is 2.38. The van der Waals surface area contributed by atoms with E-state index in [2.05, 4.69) is 29.2 Å². The third kappa shape index (κ3) is 1.41. The smallest absolute Gasteiger partial charge is 0.0950 e. The molecule has 1 aromatic carbocycles. The molecule has 1 aliphatic heterocycles. The van der Waals surface area contributed by atoms with Crippen LogP contribution in [-0.4, -0.2) is 6.54 Å². The van der Waals surface area contributed by atoms with Gasteiger partial charge in [0.1, 0.15) is 0 Å². The number of rotatable bonds is 2. The second-order valence-corrected chi connectivity index (χ2v) is 3.47. The van der Waals surface area contributed by atoms with Crippen LogP contribution in [0.5, 0.6) is 0 Å². The van der Waals surface area contributed by atoms with Crippen LogP contribution in [0.15, 0.2) is 18.2 Å². The fourth-order valence-electron chi connectivity index (χ4n) is 1.82. The van der Waals surface area contributed by atoms with Crippen LogP contribution >= 0.6 is 0 Å². The van der Waals surface area contributed by atoms with E-state index >= 15 is 0 Å². The standard InChI is InChI=1S/C10H14N2O/c1-7-5-12-10-8(6-13-11)3-2-4-9(7)10/h2-4,7,12H,5-6,11H2,1H3. The van der Waals surface area contributed by atoms with Crippen molar-refractivity contribution < 1.29 is 4.84 Å². The first-order chi connectivity index (χ1) is 6.33. The van der Waals surface area contributed by atoms with Crippen LogP contribution < -0.4 is 11.2 Å². The van der Waals surface area contributed by atoms with E-state index in [-0.39, 0.29) is 0 Å². The van der Waals surface area contributed by atoms with Crippen LogP contribution in [0.1, 0.15) is 24.0 Å². The Bertz CT molecular complexity index is 312. The third-order valence-corrected chi connectivity index (χ3v) is 2.54. The predicted octanol–water partition coefficient (Wildman–Crippen LogP) is 1.61. The maximum Gasteiger partial charge on any atom is 0.0950 e. The van der Waals surface area contributed by atoms with Gasteiger partial charge in [-0.05, 0) is 5.56 Å². The van der Waals surface area contributed by atoms with Crippen molar-refractivity contribution in [1.29, 1.82) is 0 Å². The van der Waals surface area contributed by atoms with Crippen LogP contribution in [0, 0.1) is 0 Å². The van der Waals surface area contributed by atoms with E-state index in [1.54, 1.807) is 0 Å². The van der Waals surface area contributed by atoms with Gasteiger partial charge in [0.2, 0.25) is 0 Å². The number of fused-ring (bicyclic) bond motifs is 1. The second-order valence-electron chi connectivity index (χ2n) is 3.47. The fourth-order valence-corrected chi connectivity index (χ4v) is 1.82. The van der Waals surface area contributed by atoms with Crippen LogP contribution in [0.25, 0.3) is 0 Å². The summed E-state index contributed by atoms with van der Waals surface area (Å²) in [6.07, 6.45) is 0. The predicted molar refractivity (Wildman–Crippen MR) is 52.3 cm³/mol. The maximum atomic E-state index is 5.06. The third-order valence-electron chi connectivity index (χ3n) is 2.54. The number of hydrogen-bond acceptors (Lipinski definition) is 3. The Morgan fingerprint density at radius 3 is 3.23 bits per heavy atom. The molecule has 3 N–H and O–H groups in total. The molecule has 0 amide bonds. The zero-order chi connectivity index (χ0) is 9.26. The van der Waals surface area contributed by atoms with Gasteiger partial charge in [-0.3, -0.25) is 4.84 Å². The summed E-state index contributed by atoms with van der Waals surface area (Å²) in [4.78, 5) is 4.65. The highest BCUT2D eigenvalue weighted by molar-refractivity contribution is 5.62. The van der Waals surface area contributed by atoms with Crippen molar-refractivity contribution in [2.75, 3.05) is 11.9 Å². The topological polar surface area (TPSA) is 47.3 Å². The molecule has 0 saturated heterocycles. The summed E-state index contributed by atoms with van der Waals surface area (Å²) in [5, 5.41) is 3.37. The van der Waals surface area contributed by atoms with Crippen LogP contribution in [0.4, 0.5) is 5.69 Å². The molecule has 0 fully saturated rings. The number of nitrogens with two attached hydrogens (primary N) is 1. The van der Waals surface area contributed by atoms with Gasteiger partial charge in [-0.25, -0.2) is 5.90 Å². The van der Waals surface area contributed by atoms with Gasteiger partial charge in [0, 0.05) is 23.7 Å². The minimum absolute atomic E-state index is 0.475. The van der Waals surface area contributed by atoms with E-state index in [0.717, 1.165) is 12.1 Å². The summed E-state index contributed by atoms with van der Waals surface area (Å²) in [5.41, 5.74) is 3.72. The number of nitrogens with one attached hydrogen (secondary N) is 1. The monoisotopic (exact) mass is 178 g/mol. The van der Waals surface area contributed by atoms with E-state index < -0.39 is 0 Å². The van der Waals surface area contributed by atoms with E-state index in [0.29, 0.717) is 12.5 Å². The van der Waals surface area contributed by atoms with E-state index in [9.17, 15) is 0 Å². The Kier molecular flexibility index (Phi) is 2.20. The Morgan fingerprint density at radius 2 is 2.46 bits per heavy atom. The Labute approximate surface area is 77.8 Å². The lowest BCUT2D eigenvalue weighted by atomic mass is 10.0. The quantitative estimate of drug-likeness (QED) is 0.676. The summed E-state index contributed by atoms with van der Waals surface area (Å²) >= 11 is 0. The van der Waals surface area contributed by atoms with Gasteiger partial charge in [-0.2, -0.15) is 0 Å². The highest BCUT2D eigenvalue weighted by atomic mass is 16.6. The van der Waals surface area contributed by atoms with E-state index in [1.807, 2.05) is 6.07 Å². The average molecular weight is 178 g/mol. The number of para-hydroxylation sites is 1. The molecule has 0 aliphatic carbocycles. The first kappa shape index (κ1) is 8.53. The van der Waals surface area contributed by atoms with Crippen molar-refractivity contribution in [2.45, 2.75) is 19.4 Å². The van der Waals surface area contributed by atoms with Crippen molar-refractivity contribution in [1.82, 2.24) is 0 Å². The van der Waals surface area contributed by atoms with Gasteiger partial charge in [0.15, 0.2) is 0 Å². The molecule has 0 bridgehead atoms. The normalized spacial score (nSPS) is 19.7. The van der Waals surface area contributed by atoms with Crippen LogP contribution in [0.3, 0.4) is 0 Å². The molecule has 13 heavy (non-hydrogen) atoms.